The molecule has 0 unspecified atom stereocenters. The van der Waals surface area contributed by atoms with Crippen molar-refractivity contribution in [1.82, 2.24) is 0 Å². The molecule has 360 valence electrons. The summed E-state index contributed by atoms with van der Waals surface area (Å²) in [4.78, 5) is 9.44. The van der Waals surface area contributed by atoms with E-state index in [2.05, 4.69) is 40.8 Å². The van der Waals surface area contributed by atoms with Crippen LogP contribution in [0, 0.1) is 0 Å². The molecule has 0 amide bonds. The molecule has 0 aliphatic rings. The fraction of sp³-hybridized carbons (Fsp3) is 0.233. The van der Waals surface area contributed by atoms with Gasteiger partial charge in [-0.05, 0) is 69.2 Å². The molecule has 0 aliphatic heterocycles. The number of benzene rings is 4. The maximum atomic E-state index is 9.75. The third-order valence-electron chi connectivity index (χ3n) is 6.04. The molecular formula is C43H53Ag2B2F8N8O2+. The maximum Gasteiger partial charge on any atom is 1.00 e. The molecule has 0 heterocycles. The molecule has 10 nitrogen and oxygen atoms in total. The molecule has 3 N–H and O–H groups in total. The zero-order valence-corrected chi connectivity index (χ0v) is 40.4. The Balaban J connectivity index is -0.000000428. The van der Waals surface area contributed by atoms with Crippen molar-refractivity contribution in [3.8, 4) is 0 Å². The number of carbonyl (C=O) groups excluding carboxylic acids is 1. The van der Waals surface area contributed by atoms with E-state index in [1.54, 1.807) is 0 Å². The monoisotopic (exact) mass is 1100 g/mol. The van der Waals surface area contributed by atoms with Crippen LogP contribution in [0.15, 0.2) is 162 Å². The van der Waals surface area contributed by atoms with Crippen LogP contribution in [0.1, 0.15) is 91.5 Å². The molecule has 4 rings (SSSR count). The molecule has 0 saturated carbocycles. The average Bonchev–Trinajstić information content (AvgIpc) is 3.17. The van der Waals surface area contributed by atoms with Crippen molar-refractivity contribution in [2.45, 2.75) is 69.2 Å². The van der Waals surface area contributed by atoms with E-state index in [1.807, 2.05) is 177 Å². The van der Waals surface area contributed by atoms with E-state index >= 15 is 0 Å². The Morgan fingerprint density at radius 3 is 0.554 bits per heavy atom. The standard InChI is InChI=1S/2C20H22N4.C3H6O.2Ag.2BF4.H2O/c2*1-15(2)21-23-19(17-11-7-5-8-12-17)20(24-22-16(3)4)18-13-9-6-10-14-18;1-3(2)4;;;2*2-1(3,4)5;/h2*5-14H,1-4H3;1-2H3;;;;;1H2/q;;;2*+1;2*-1;/p+1/b2*23-19-,24-20+;;;;;;. The molecule has 0 saturated heterocycles. The van der Waals surface area contributed by atoms with Gasteiger partial charge in [0.15, 0.2) is 0 Å². The molecule has 65 heavy (non-hydrogen) atoms. The van der Waals surface area contributed by atoms with Gasteiger partial charge in [-0.25, -0.2) is 0 Å². The Morgan fingerprint density at radius 2 is 0.446 bits per heavy atom. The summed E-state index contributed by atoms with van der Waals surface area (Å²) in [5.41, 5.74) is 10.1. The number of Topliss-reactive ketones (excluding diaryl/α,β-unsaturated/α-hetero) is 1. The Bertz CT molecular complexity index is 1890. The van der Waals surface area contributed by atoms with E-state index in [0.717, 1.165) is 45.1 Å². The predicted molar refractivity (Wildman–Crippen MR) is 249 cm³/mol. The van der Waals surface area contributed by atoms with Crippen LogP contribution >= 0.6 is 0 Å². The van der Waals surface area contributed by atoms with Gasteiger partial charge in [0, 0.05) is 45.1 Å². The van der Waals surface area contributed by atoms with Crippen molar-refractivity contribution in [2.24, 2.45) is 40.8 Å². The first kappa shape index (κ1) is 66.5. The SMILES string of the molecule is CC(C)=N/N=C(\C(=N\N=C(C)C)c1ccccc1)c1ccccc1.CC(C)=N/N=C(\C(=N\N=C(C)C)c1ccccc1)c1ccccc1.CC(C)=O.F[B-](F)(F)F.F[B-](F)(F)F.[Ag+].[Ag+].[OH3+]. The molecule has 0 radical (unpaired) electrons. The quantitative estimate of drug-likeness (QED) is 0.0502. The van der Waals surface area contributed by atoms with Gasteiger partial charge >= 0.3 is 59.3 Å². The minimum atomic E-state index is -6.00. The van der Waals surface area contributed by atoms with Crippen molar-refractivity contribution in [3.63, 3.8) is 0 Å². The van der Waals surface area contributed by atoms with Gasteiger partial charge in [0.25, 0.3) is 0 Å². The van der Waals surface area contributed by atoms with Crippen LogP contribution in [0.25, 0.3) is 0 Å². The third kappa shape index (κ3) is 38.0. The molecule has 22 heteroatoms. The van der Waals surface area contributed by atoms with Gasteiger partial charge in [-0.15, -0.1) is 20.4 Å². The largest absolute Gasteiger partial charge is 1.00 e. The van der Waals surface area contributed by atoms with Crippen molar-refractivity contribution in [3.05, 3.63) is 144 Å². The molecule has 0 aliphatic carbocycles. The summed E-state index contributed by atoms with van der Waals surface area (Å²) < 4.78 is 78.0. The van der Waals surface area contributed by atoms with Gasteiger partial charge in [0.1, 0.15) is 28.6 Å². The minimum absolute atomic E-state index is 0. The number of rotatable bonds is 10. The molecule has 0 bridgehead atoms. The Hall–Kier alpha value is -5.08. The van der Waals surface area contributed by atoms with Gasteiger partial charge in [-0.1, -0.05) is 121 Å². The van der Waals surface area contributed by atoms with Gasteiger partial charge in [-0.3, -0.25) is 0 Å². The summed E-state index contributed by atoms with van der Waals surface area (Å²) in [6.07, 6.45) is 0. The van der Waals surface area contributed by atoms with E-state index in [4.69, 9.17) is 0 Å². The van der Waals surface area contributed by atoms with Crippen LogP contribution in [0.4, 0.5) is 34.5 Å². The summed E-state index contributed by atoms with van der Waals surface area (Å²) in [5.74, 6) is 0.167. The zero-order valence-electron chi connectivity index (χ0n) is 37.4. The van der Waals surface area contributed by atoms with Gasteiger partial charge in [0.05, 0.1) is 0 Å². The van der Waals surface area contributed by atoms with Crippen molar-refractivity contribution >= 4 is 66.0 Å². The number of halogens is 8. The Morgan fingerprint density at radius 1 is 0.323 bits per heavy atom. The van der Waals surface area contributed by atoms with Crippen molar-refractivity contribution < 1.29 is 89.6 Å². The summed E-state index contributed by atoms with van der Waals surface area (Å²) in [5, 5.41) is 34.8. The van der Waals surface area contributed by atoms with E-state index in [-0.39, 0.29) is 56.0 Å². The summed E-state index contributed by atoms with van der Waals surface area (Å²) in [6.45, 7) is 18.4. The smallest absolute Gasteiger partial charge is 0.457 e. The number of hydrogen-bond donors (Lipinski definition) is 0. The first-order chi connectivity index (χ1) is 28.9. The normalized spacial score (nSPS) is 11.0. The topological polar surface area (TPSA) is 149 Å². The van der Waals surface area contributed by atoms with Crippen molar-refractivity contribution in [1.29, 1.82) is 0 Å². The van der Waals surface area contributed by atoms with E-state index in [0.29, 0.717) is 22.8 Å². The third-order valence-corrected chi connectivity index (χ3v) is 6.04. The summed E-state index contributed by atoms with van der Waals surface area (Å²) in [6, 6.07) is 39.7. The molecule has 4 aromatic rings. The Kier molecular flexibility index (Phi) is 37.0. The average molecular weight is 1100 g/mol. The fourth-order valence-electron chi connectivity index (χ4n) is 3.95. The zero-order chi connectivity index (χ0) is 47.3. The van der Waals surface area contributed by atoms with E-state index in [1.165, 1.54) is 13.8 Å². The van der Waals surface area contributed by atoms with Crippen molar-refractivity contribution in [2.75, 3.05) is 0 Å². The predicted octanol–water partition coefficient (Wildman–Crippen LogP) is 11.8. The molecule has 0 spiro atoms. The van der Waals surface area contributed by atoms with Crippen LogP contribution < -0.4 is 0 Å². The molecule has 0 fully saturated rings. The van der Waals surface area contributed by atoms with Crippen LogP contribution in [0.3, 0.4) is 0 Å². The fourth-order valence-corrected chi connectivity index (χ4v) is 3.95. The van der Waals surface area contributed by atoms with Crippen LogP contribution in [-0.2, 0) is 55.0 Å². The Labute approximate surface area is 407 Å². The maximum absolute atomic E-state index is 9.75. The number of ketones is 1. The minimum Gasteiger partial charge on any atom is -0.457 e. The first-order valence-corrected chi connectivity index (χ1v) is 18.7. The number of hydrogen-bond acceptors (Lipinski definition) is 9. The summed E-state index contributed by atoms with van der Waals surface area (Å²) >= 11 is 0. The van der Waals surface area contributed by atoms with Crippen LogP contribution in [0.2, 0.25) is 0 Å². The molecular weight excluding hydrogens is 1050 g/mol. The number of carbonyl (C=O) groups is 1. The molecule has 0 atom stereocenters. The van der Waals surface area contributed by atoms with Gasteiger partial charge in [0.2, 0.25) is 0 Å². The van der Waals surface area contributed by atoms with E-state index < -0.39 is 14.5 Å². The van der Waals surface area contributed by atoms with Gasteiger partial charge < -0.3 is 44.8 Å². The van der Waals surface area contributed by atoms with E-state index in [9.17, 15) is 39.3 Å². The van der Waals surface area contributed by atoms with Gasteiger partial charge in [-0.2, -0.15) is 20.4 Å². The first-order valence-electron chi connectivity index (χ1n) is 18.7. The second-order valence-electron chi connectivity index (χ2n) is 13.3. The second kappa shape index (κ2) is 36.2. The molecule has 0 aromatic heterocycles. The number of nitrogens with zero attached hydrogens (tertiary/aromatic N) is 8. The van der Waals surface area contributed by atoms with Crippen LogP contribution in [0.5, 0.6) is 0 Å². The molecule has 4 aromatic carbocycles. The second-order valence-corrected chi connectivity index (χ2v) is 13.3. The summed E-state index contributed by atoms with van der Waals surface area (Å²) in [7, 11) is -12.0. The van der Waals surface area contributed by atoms with Crippen LogP contribution in [-0.4, -0.2) is 66.0 Å².